The quantitative estimate of drug-likeness (QED) is 0.0511. The Balaban J connectivity index is 0.000000681. The summed E-state index contributed by atoms with van der Waals surface area (Å²) < 4.78 is 51.9. The fraction of sp³-hybridized carbons (Fsp3) is 0.350. The van der Waals surface area contributed by atoms with Gasteiger partial charge in [0.05, 0.1) is 0 Å². The Hall–Kier alpha value is -3.03. The third-order valence-electron chi connectivity index (χ3n) is 6.53. The van der Waals surface area contributed by atoms with Crippen LogP contribution in [0.1, 0.15) is 52.7 Å². The van der Waals surface area contributed by atoms with Crippen LogP contribution in [0.25, 0.3) is 0 Å². The van der Waals surface area contributed by atoms with Crippen LogP contribution in [-0.2, 0) is 34.6 Å². The number of rotatable bonds is 12. The first-order valence-corrected chi connectivity index (χ1v) is 15.6. The van der Waals surface area contributed by atoms with Gasteiger partial charge in [0.25, 0.3) is 0 Å². The van der Waals surface area contributed by atoms with Crippen molar-refractivity contribution in [1.29, 1.82) is 0 Å². The third-order valence-corrected chi connectivity index (χ3v) is 6.53. The van der Waals surface area contributed by atoms with Crippen LogP contribution >= 0.6 is 0 Å². The molecule has 0 bridgehead atoms. The molecule has 47 heavy (non-hydrogen) atoms. The van der Waals surface area contributed by atoms with Crippen molar-refractivity contribution in [3.63, 3.8) is 0 Å². The van der Waals surface area contributed by atoms with Crippen molar-refractivity contribution in [2.24, 2.45) is 10.8 Å². The number of hydrogen-bond acceptors (Lipinski definition) is 2. The Morgan fingerprint density at radius 2 is 0.957 bits per heavy atom. The summed E-state index contributed by atoms with van der Waals surface area (Å²) in [6.07, 6.45) is 9.38. The standard InChI is InChI=1S/2C15H20F2N.2C5H5.Ti/c2*1-4-8-15(2,3)11-18-9-7-12-5-6-13(16)10-14(12)17;2*1-2-4-5-3-1;/h2*4-6,8,18H,7,9,11H2,1-3H3;2*1-5H;/q4*-1;+4. The SMILES string of the molecule is CC=CC(C)(C)CNCCc1ccc(F)[c-]c1F.CC=CC(C)(C)CNCCc1ccc(F)[c-]c1F.[Ti+4].c1cc[cH-]c1.c1cc[cH-]c1. The van der Waals surface area contributed by atoms with E-state index in [4.69, 9.17) is 0 Å². The average molecular weight is 683 g/mol. The Labute approximate surface area is 296 Å². The molecule has 2 nitrogen and oxygen atoms in total. The molecule has 7 heteroatoms. The number of benzene rings is 2. The van der Waals surface area contributed by atoms with Gasteiger partial charge in [-0.25, -0.2) is 41.8 Å². The Kier molecular flexibility index (Phi) is 23.4. The second-order valence-electron chi connectivity index (χ2n) is 12.0. The number of halogens is 4. The van der Waals surface area contributed by atoms with Crippen molar-refractivity contribution in [2.75, 3.05) is 26.2 Å². The molecule has 252 valence electrons. The van der Waals surface area contributed by atoms with Crippen molar-refractivity contribution in [1.82, 2.24) is 10.6 Å². The fourth-order valence-electron chi connectivity index (χ4n) is 4.26. The summed E-state index contributed by atoms with van der Waals surface area (Å²) in [6, 6.07) is 29.5. The van der Waals surface area contributed by atoms with Crippen molar-refractivity contribution >= 4 is 0 Å². The van der Waals surface area contributed by atoms with E-state index in [9.17, 15) is 17.6 Å². The van der Waals surface area contributed by atoms with Crippen LogP contribution in [0.5, 0.6) is 0 Å². The molecule has 0 amide bonds. The molecule has 0 fully saturated rings. The molecule has 0 aliphatic carbocycles. The van der Waals surface area contributed by atoms with E-state index >= 15 is 0 Å². The number of hydrogen-bond donors (Lipinski definition) is 2. The van der Waals surface area contributed by atoms with Crippen molar-refractivity contribution < 1.29 is 39.3 Å². The second kappa shape index (κ2) is 25.1. The molecule has 0 heterocycles. The molecule has 0 saturated carbocycles. The van der Waals surface area contributed by atoms with Crippen LogP contribution in [0.2, 0.25) is 0 Å². The summed E-state index contributed by atoms with van der Waals surface area (Å²) >= 11 is 0. The van der Waals surface area contributed by atoms with Crippen LogP contribution in [0, 0.1) is 46.2 Å². The zero-order valence-electron chi connectivity index (χ0n) is 28.6. The van der Waals surface area contributed by atoms with Gasteiger partial charge in [-0.15, -0.1) is 35.4 Å². The van der Waals surface area contributed by atoms with Gasteiger partial charge >= 0.3 is 21.7 Å². The molecule has 4 rings (SSSR count). The van der Waals surface area contributed by atoms with Gasteiger partial charge in [0.1, 0.15) is 0 Å². The smallest absolute Gasteiger partial charge is 0.317 e. The monoisotopic (exact) mass is 682 g/mol. The van der Waals surface area contributed by atoms with E-state index in [1.54, 1.807) is 0 Å². The van der Waals surface area contributed by atoms with Gasteiger partial charge in [-0.2, -0.15) is 48.5 Å². The molecule has 0 spiro atoms. The van der Waals surface area contributed by atoms with Crippen LogP contribution in [0.3, 0.4) is 0 Å². The minimum absolute atomic E-state index is 0. The molecule has 0 unspecified atom stereocenters. The molecular weight excluding hydrogens is 632 g/mol. The normalized spacial score (nSPS) is 11.1. The van der Waals surface area contributed by atoms with Gasteiger partial charge in [0, 0.05) is 36.4 Å². The van der Waals surface area contributed by atoms with Gasteiger partial charge < -0.3 is 10.6 Å². The van der Waals surface area contributed by atoms with Gasteiger partial charge in [-0.3, -0.25) is 0 Å². The first-order valence-electron chi connectivity index (χ1n) is 15.6. The van der Waals surface area contributed by atoms with Crippen LogP contribution in [0.15, 0.2) is 109 Å². The molecule has 2 N–H and O–H groups in total. The average Bonchev–Trinajstić information content (AvgIpc) is 3.76. The summed E-state index contributed by atoms with van der Waals surface area (Å²) in [5, 5.41) is 6.55. The van der Waals surface area contributed by atoms with Crippen LogP contribution in [0.4, 0.5) is 17.6 Å². The van der Waals surface area contributed by atoms with Crippen LogP contribution < -0.4 is 10.6 Å². The van der Waals surface area contributed by atoms with E-state index in [0.29, 0.717) is 37.1 Å². The zero-order valence-corrected chi connectivity index (χ0v) is 30.2. The summed E-state index contributed by atoms with van der Waals surface area (Å²) in [4.78, 5) is 0. The van der Waals surface area contributed by atoms with Crippen molar-refractivity contribution in [3.8, 4) is 0 Å². The van der Waals surface area contributed by atoms with E-state index in [1.165, 1.54) is 24.3 Å². The molecule has 0 saturated heterocycles. The summed E-state index contributed by atoms with van der Waals surface area (Å²) in [6.45, 7) is 15.5. The first-order chi connectivity index (χ1) is 21.9. The largest absolute Gasteiger partial charge is 4.00 e. The maximum atomic E-state index is 13.3. The van der Waals surface area contributed by atoms with E-state index in [1.807, 2.05) is 98.8 Å². The summed E-state index contributed by atoms with van der Waals surface area (Å²) in [5.74, 6) is -2.49. The Morgan fingerprint density at radius 1 is 0.617 bits per heavy atom. The van der Waals surface area contributed by atoms with E-state index < -0.39 is 23.3 Å². The molecule has 4 aromatic carbocycles. The maximum absolute atomic E-state index is 13.3. The zero-order chi connectivity index (χ0) is 34.3. The third kappa shape index (κ3) is 22.2. The molecule has 0 radical (unpaired) electrons. The summed E-state index contributed by atoms with van der Waals surface area (Å²) in [7, 11) is 0. The van der Waals surface area contributed by atoms with Gasteiger partial charge in [-0.1, -0.05) is 64.8 Å². The predicted octanol–water partition coefficient (Wildman–Crippen LogP) is 9.81. The van der Waals surface area contributed by atoms with Crippen molar-refractivity contribution in [2.45, 2.75) is 54.4 Å². The number of allylic oxidation sites excluding steroid dienone is 2. The molecule has 0 aliphatic heterocycles. The van der Waals surface area contributed by atoms with E-state index in [2.05, 4.69) is 50.5 Å². The molecule has 0 aliphatic rings. The van der Waals surface area contributed by atoms with E-state index in [-0.39, 0.29) is 32.5 Å². The van der Waals surface area contributed by atoms with Crippen LogP contribution in [-0.4, -0.2) is 26.2 Å². The summed E-state index contributed by atoms with van der Waals surface area (Å²) in [5.41, 5.74) is 1.16. The number of nitrogens with one attached hydrogen (secondary N) is 2. The Bertz CT molecular complexity index is 1220. The minimum Gasteiger partial charge on any atom is -0.317 e. The first kappa shape index (κ1) is 44.0. The fourth-order valence-corrected chi connectivity index (χ4v) is 4.26. The molecule has 0 atom stereocenters. The maximum Gasteiger partial charge on any atom is 4.00 e. The van der Waals surface area contributed by atoms with Gasteiger partial charge in [-0.05, 0) is 37.8 Å². The Morgan fingerprint density at radius 3 is 1.21 bits per heavy atom. The molecule has 0 aromatic heterocycles. The molecule has 4 aromatic rings. The second-order valence-corrected chi connectivity index (χ2v) is 12.0. The van der Waals surface area contributed by atoms with Gasteiger partial charge in [0.15, 0.2) is 0 Å². The predicted molar refractivity (Wildman–Crippen MR) is 185 cm³/mol. The minimum atomic E-state index is -0.654. The molecular formula is C40H50F4N2Ti. The topological polar surface area (TPSA) is 24.1 Å². The van der Waals surface area contributed by atoms with Crippen molar-refractivity contribution in [3.05, 3.63) is 156 Å². The van der Waals surface area contributed by atoms with Gasteiger partial charge in [0.2, 0.25) is 0 Å². The van der Waals surface area contributed by atoms with E-state index in [0.717, 1.165) is 13.1 Å².